The van der Waals surface area contributed by atoms with Crippen LogP contribution in [-0.4, -0.2) is 39.1 Å². The molecule has 2 aliphatic rings. The van der Waals surface area contributed by atoms with Gasteiger partial charge in [-0.05, 0) is 36.2 Å². The summed E-state index contributed by atoms with van der Waals surface area (Å²) in [6, 6.07) is 11.4. The van der Waals surface area contributed by atoms with Crippen LogP contribution in [0.15, 0.2) is 47.7 Å². The Morgan fingerprint density at radius 1 is 1.17 bits per heavy atom. The van der Waals surface area contributed by atoms with Crippen LogP contribution in [0, 0.1) is 5.41 Å². The fourth-order valence-electron chi connectivity index (χ4n) is 3.74. The van der Waals surface area contributed by atoms with Crippen LogP contribution in [0.3, 0.4) is 0 Å². The minimum Gasteiger partial charge on any atom is -0.314 e. The van der Waals surface area contributed by atoms with E-state index in [2.05, 4.69) is 15.4 Å². The molecule has 7 heteroatoms. The second-order valence-corrected chi connectivity index (χ2v) is 8.10. The van der Waals surface area contributed by atoms with Gasteiger partial charge in [-0.2, -0.15) is 5.10 Å². The lowest BCUT2D eigenvalue weighted by atomic mass is 9.83. The van der Waals surface area contributed by atoms with Crippen molar-refractivity contribution in [3.63, 3.8) is 0 Å². The molecule has 0 saturated carbocycles. The van der Waals surface area contributed by atoms with Crippen LogP contribution in [-0.2, 0) is 17.9 Å². The number of pyridine rings is 1. The molecule has 0 fully saturated rings. The van der Waals surface area contributed by atoms with Crippen molar-refractivity contribution in [1.82, 2.24) is 14.9 Å². The molecule has 0 unspecified atom stereocenters. The third-order valence-corrected chi connectivity index (χ3v) is 5.41. The highest BCUT2D eigenvalue weighted by atomic mass is 16.2. The largest absolute Gasteiger partial charge is 0.322 e. The predicted octanol–water partition coefficient (Wildman–Crippen LogP) is 3.61. The van der Waals surface area contributed by atoms with E-state index in [-0.39, 0.29) is 11.9 Å². The van der Waals surface area contributed by atoms with Crippen molar-refractivity contribution in [3.05, 3.63) is 59.4 Å². The summed E-state index contributed by atoms with van der Waals surface area (Å²) in [6.45, 7) is 7.46. The highest BCUT2D eigenvalue weighted by Crippen LogP contribution is 2.31. The van der Waals surface area contributed by atoms with Gasteiger partial charge in [0.05, 0.1) is 23.4 Å². The van der Waals surface area contributed by atoms with Crippen LogP contribution in [0.2, 0.25) is 0 Å². The summed E-state index contributed by atoms with van der Waals surface area (Å²) in [5.41, 5.74) is 4.13. The van der Waals surface area contributed by atoms with Crippen molar-refractivity contribution in [2.45, 2.75) is 40.3 Å². The number of rotatable bonds is 3. The summed E-state index contributed by atoms with van der Waals surface area (Å²) >= 11 is 0. The standard InChI is InChI=1S/C22H25N5O2/c1-4-27-20(28)22(2,3)12-18(25-27)15-7-9-17(10-8-15)24-21(29)26-13-16-6-5-11-23-19(16)14-26/h5-11H,4,12-14H2,1-3H3,(H,24,29). The lowest BCUT2D eigenvalue weighted by molar-refractivity contribution is -0.140. The number of urea groups is 1. The molecule has 0 aliphatic carbocycles. The van der Waals surface area contributed by atoms with Crippen molar-refractivity contribution in [2.75, 3.05) is 11.9 Å². The highest BCUT2D eigenvalue weighted by Gasteiger charge is 2.37. The number of benzene rings is 1. The van der Waals surface area contributed by atoms with Gasteiger partial charge in [-0.15, -0.1) is 0 Å². The minimum atomic E-state index is -0.473. The minimum absolute atomic E-state index is 0.0498. The fraction of sp³-hybridized carbons (Fsp3) is 0.364. The van der Waals surface area contributed by atoms with Gasteiger partial charge in [0.1, 0.15) is 0 Å². The van der Waals surface area contributed by atoms with Crippen LogP contribution in [0.1, 0.15) is 44.0 Å². The van der Waals surface area contributed by atoms with E-state index < -0.39 is 5.41 Å². The van der Waals surface area contributed by atoms with E-state index in [1.807, 2.05) is 57.2 Å². The predicted molar refractivity (Wildman–Crippen MR) is 111 cm³/mol. The Hall–Kier alpha value is -3.22. The zero-order chi connectivity index (χ0) is 20.6. The molecular weight excluding hydrogens is 366 g/mol. The maximum Gasteiger partial charge on any atom is 0.322 e. The summed E-state index contributed by atoms with van der Waals surface area (Å²) in [5, 5.41) is 9.00. The Morgan fingerprint density at radius 3 is 2.62 bits per heavy atom. The normalized spacial score (nSPS) is 17.8. The van der Waals surface area contributed by atoms with Gasteiger partial charge in [0.25, 0.3) is 0 Å². The third kappa shape index (κ3) is 3.72. The number of nitrogens with one attached hydrogen (secondary N) is 1. The van der Waals surface area contributed by atoms with Gasteiger partial charge in [0, 0.05) is 31.4 Å². The first-order chi connectivity index (χ1) is 13.9. The molecule has 150 valence electrons. The number of anilines is 1. The summed E-state index contributed by atoms with van der Waals surface area (Å²) in [7, 11) is 0. The zero-order valence-corrected chi connectivity index (χ0v) is 17.0. The molecule has 1 aromatic carbocycles. The molecule has 1 N–H and O–H groups in total. The van der Waals surface area contributed by atoms with E-state index in [1.165, 1.54) is 5.01 Å². The molecule has 3 amide bonds. The summed E-state index contributed by atoms with van der Waals surface area (Å²) in [4.78, 5) is 31.1. The first kappa shape index (κ1) is 19.1. The zero-order valence-electron chi connectivity index (χ0n) is 17.0. The summed E-state index contributed by atoms with van der Waals surface area (Å²) in [5.74, 6) is 0.0498. The molecule has 0 atom stereocenters. The number of fused-ring (bicyclic) bond motifs is 1. The average molecular weight is 391 g/mol. The number of carbonyl (C=O) groups excluding carboxylic acids is 2. The Morgan fingerprint density at radius 2 is 1.93 bits per heavy atom. The van der Waals surface area contributed by atoms with Gasteiger partial charge in [-0.1, -0.05) is 32.0 Å². The van der Waals surface area contributed by atoms with Gasteiger partial charge < -0.3 is 10.2 Å². The SMILES string of the molecule is CCN1N=C(c2ccc(NC(=O)N3Cc4cccnc4C3)cc2)CC(C)(C)C1=O. The quantitative estimate of drug-likeness (QED) is 0.868. The van der Waals surface area contributed by atoms with E-state index in [0.717, 1.165) is 28.2 Å². The van der Waals surface area contributed by atoms with E-state index >= 15 is 0 Å². The maximum absolute atomic E-state index is 12.6. The highest BCUT2D eigenvalue weighted by molar-refractivity contribution is 6.06. The van der Waals surface area contributed by atoms with Crippen molar-refractivity contribution in [1.29, 1.82) is 0 Å². The topological polar surface area (TPSA) is 77.9 Å². The van der Waals surface area contributed by atoms with Crippen molar-refractivity contribution < 1.29 is 9.59 Å². The smallest absolute Gasteiger partial charge is 0.314 e. The van der Waals surface area contributed by atoms with Gasteiger partial charge in [-0.3, -0.25) is 9.78 Å². The lowest BCUT2D eigenvalue weighted by Crippen LogP contribution is -2.43. The molecule has 0 bridgehead atoms. The van der Waals surface area contributed by atoms with Crippen LogP contribution in [0.25, 0.3) is 0 Å². The van der Waals surface area contributed by atoms with E-state index in [4.69, 9.17) is 0 Å². The summed E-state index contributed by atoms with van der Waals surface area (Å²) < 4.78 is 0. The molecule has 7 nitrogen and oxygen atoms in total. The van der Waals surface area contributed by atoms with Crippen molar-refractivity contribution in [2.24, 2.45) is 10.5 Å². The number of hydrogen-bond donors (Lipinski definition) is 1. The number of carbonyl (C=O) groups is 2. The average Bonchev–Trinajstić information content (AvgIpc) is 3.15. The monoisotopic (exact) mass is 391 g/mol. The van der Waals surface area contributed by atoms with E-state index in [1.54, 1.807) is 11.1 Å². The number of hydrogen-bond acceptors (Lipinski definition) is 4. The third-order valence-electron chi connectivity index (χ3n) is 5.41. The molecule has 29 heavy (non-hydrogen) atoms. The van der Waals surface area contributed by atoms with Crippen molar-refractivity contribution >= 4 is 23.3 Å². The van der Waals surface area contributed by atoms with Gasteiger partial charge in [0.15, 0.2) is 0 Å². The van der Waals surface area contributed by atoms with Crippen LogP contribution in [0.4, 0.5) is 10.5 Å². The molecule has 0 radical (unpaired) electrons. The Kier molecular flexibility index (Phi) is 4.82. The first-order valence-corrected chi connectivity index (χ1v) is 9.86. The van der Waals surface area contributed by atoms with Gasteiger partial charge in [-0.25, -0.2) is 9.80 Å². The molecule has 1 aromatic heterocycles. The number of hydrazone groups is 1. The Bertz CT molecular complexity index is 956. The second kappa shape index (κ2) is 7.31. The van der Waals surface area contributed by atoms with E-state index in [9.17, 15) is 9.59 Å². The molecule has 0 saturated heterocycles. The molecule has 3 heterocycles. The van der Waals surface area contributed by atoms with E-state index in [0.29, 0.717) is 26.1 Å². The van der Waals surface area contributed by atoms with Crippen LogP contribution < -0.4 is 5.32 Å². The number of amides is 3. The maximum atomic E-state index is 12.6. The van der Waals surface area contributed by atoms with Crippen LogP contribution in [0.5, 0.6) is 0 Å². The molecule has 0 spiro atoms. The lowest BCUT2D eigenvalue weighted by Gasteiger charge is -2.34. The number of aromatic nitrogens is 1. The Balaban J connectivity index is 1.45. The van der Waals surface area contributed by atoms with Gasteiger partial charge >= 0.3 is 6.03 Å². The molecular formula is C22H25N5O2. The van der Waals surface area contributed by atoms with Gasteiger partial charge in [0.2, 0.25) is 5.91 Å². The first-order valence-electron chi connectivity index (χ1n) is 9.86. The second-order valence-electron chi connectivity index (χ2n) is 8.10. The molecule has 2 aromatic rings. The summed E-state index contributed by atoms with van der Waals surface area (Å²) in [6.07, 6.45) is 2.34. The molecule has 4 rings (SSSR count). The van der Waals surface area contributed by atoms with Crippen molar-refractivity contribution in [3.8, 4) is 0 Å². The number of nitrogens with zero attached hydrogens (tertiary/aromatic N) is 4. The Labute approximate surface area is 170 Å². The van der Waals surface area contributed by atoms with Crippen LogP contribution >= 0.6 is 0 Å². The fourth-order valence-corrected chi connectivity index (χ4v) is 3.74. The molecule has 2 aliphatic heterocycles.